The molecule has 0 aromatic rings. The van der Waals surface area contributed by atoms with Crippen molar-refractivity contribution in [3.63, 3.8) is 0 Å². The highest BCUT2D eigenvalue weighted by molar-refractivity contribution is 7.58. The van der Waals surface area contributed by atoms with Gasteiger partial charge in [0.25, 0.3) is 0 Å². The number of hydrogen-bond donors (Lipinski definition) is 7. The summed E-state index contributed by atoms with van der Waals surface area (Å²) in [5.41, 5.74) is 0. The second-order valence-corrected chi connectivity index (χ2v) is 16.9. The number of carboxylic acid groups (broad SMARTS) is 1. The van der Waals surface area contributed by atoms with E-state index >= 15 is 0 Å². The van der Waals surface area contributed by atoms with E-state index in [0.717, 1.165) is 0 Å². The van der Waals surface area contributed by atoms with Crippen molar-refractivity contribution in [1.82, 2.24) is 20.0 Å². The molecule has 1 fully saturated rings. The summed E-state index contributed by atoms with van der Waals surface area (Å²) in [6.45, 7) is 1.29. The van der Waals surface area contributed by atoms with Gasteiger partial charge in [0.2, 0.25) is 28.0 Å². The molecule has 1 aliphatic rings. The number of aliphatic carboxylic acids is 1. The summed E-state index contributed by atoms with van der Waals surface area (Å²) in [4.78, 5) is 58.7. The van der Waals surface area contributed by atoms with Gasteiger partial charge >= 0.3 is 5.97 Å². The number of nitrogens with zero attached hydrogens (tertiary/aromatic N) is 3. The molecular formula is C21H41N4O11P3. The Bertz CT molecular complexity index is 991. The van der Waals surface area contributed by atoms with Gasteiger partial charge < -0.3 is 35.3 Å². The minimum Gasteiger partial charge on any atom is -0.481 e. The Labute approximate surface area is 228 Å². The second-order valence-electron chi connectivity index (χ2n) is 9.63. The topological polar surface area (TPSA) is 228 Å². The summed E-state index contributed by atoms with van der Waals surface area (Å²) in [6, 6.07) is 0. The van der Waals surface area contributed by atoms with Crippen molar-refractivity contribution >= 4 is 34.0 Å². The van der Waals surface area contributed by atoms with E-state index in [1.165, 1.54) is 0 Å². The first-order valence-corrected chi connectivity index (χ1v) is 18.5. The largest absolute Gasteiger partial charge is 0.481 e. The summed E-state index contributed by atoms with van der Waals surface area (Å²) < 4.78 is 38.1. The Morgan fingerprint density at radius 1 is 0.769 bits per heavy atom. The molecule has 1 amide bonds. The number of nitrogens with one attached hydrogen (secondary N) is 1. The highest BCUT2D eigenvalue weighted by atomic mass is 31.2. The Hall–Kier alpha value is -1.13. The number of aliphatic hydroxyl groups excluding tert-OH is 1. The Kier molecular flexibility index (Phi) is 15.6. The number of carbonyl (C=O) groups excluding carboxylic acids is 1. The van der Waals surface area contributed by atoms with Gasteiger partial charge in [0, 0.05) is 70.6 Å². The van der Waals surface area contributed by atoms with Gasteiger partial charge in [-0.1, -0.05) is 5.92 Å². The molecule has 18 heteroatoms. The van der Waals surface area contributed by atoms with E-state index < -0.39 is 52.9 Å². The highest BCUT2D eigenvalue weighted by Gasteiger charge is 2.30. The predicted octanol–water partition coefficient (Wildman–Crippen LogP) is -1.10. The van der Waals surface area contributed by atoms with Crippen LogP contribution in [0.3, 0.4) is 0 Å². The van der Waals surface area contributed by atoms with E-state index in [0.29, 0.717) is 0 Å². The summed E-state index contributed by atoms with van der Waals surface area (Å²) in [5.74, 6) is 0.570. The molecule has 0 aromatic heterocycles. The number of carboxylic acids is 1. The van der Waals surface area contributed by atoms with E-state index in [1.807, 2.05) is 0 Å². The minimum atomic E-state index is -3.85. The van der Waals surface area contributed by atoms with Crippen molar-refractivity contribution < 1.29 is 53.3 Å². The van der Waals surface area contributed by atoms with Gasteiger partial charge in [0.05, 0.1) is 31.8 Å². The average molecular weight is 618 g/mol. The zero-order chi connectivity index (χ0) is 29.7. The quantitative estimate of drug-likeness (QED) is 0.0619. The van der Waals surface area contributed by atoms with Crippen molar-refractivity contribution in [2.24, 2.45) is 0 Å². The molecule has 15 nitrogen and oxygen atoms in total. The van der Waals surface area contributed by atoms with Crippen LogP contribution in [-0.4, -0.2) is 146 Å². The molecule has 39 heavy (non-hydrogen) atoms. The number of amides is 1. The fourth-order valence-corrected chi connectivity index (χ4v) is 8.74. The van der Waals surface area contributed by atoms with E-state index in [2.05, 4.69) is 11.2 Å². The fraction of sp³-hybridized carbons (Fsp3) is 0.810. The maximum absolute atomic E-state index is 12.9. The lowest BCUT2D eigenvalue weighted by Gasteiger charge is -2.28. The average Bonchev–Trinajstić information content (AvgIpc) is 2.90. The third-order valence-corrected chi connectivity index (χ3v) is 11.3. The van der Waals surface area contributed by atoms with Crippen molar-refractivity contribution in [1.29, 1.82) is 0 Å². The highest BCUT2D eigenvalue weighted by Crippen LogP contribution is 2.44. The summed E-state index contributed by atoms with van der Waals surface area (Å²) in [7, 11) is -11.5. The molecule has 3 unspecified atom stereocenters. The van der Waals surface area contributed by atoms with Gasteiger partial charge in [-0.15, -0.1) is 6.42 Å². The third-order valence-electron chi connectivity index (χ3n) is 5.95. The molecule has 1 heterocycles. The first-order valence-electron chi connectivity index (χ1n) is 12.4. The normalized spacial score (nSPS) is 20.9. The lowest BCUT2D eigenvalue weighted by atomic mass is 10.4. The third kappa shape index (κ3) is 17.3. The molecule has 0 aromatic carbocycles. The molecule has 0 aliphatic carbocycles. The summed E-state index contributed by atoms with van der Waals surface area (Å²) >= 11 is 0. The number of terminal acetylenes is 1. The van der Waals surface area contributed by atoms with Crippen LogP contribution in [0.15, 0.2) is 0 Å². The lowest BCUT2D eigenvalue weighted by molar-refractivity contribution is -0.136. The maximum atomic E-state index is 12.9. The molecule has 0 bridgehead atoms. The van der Waals surface area contributed by atoms with Crippen LogP contribution in [0.4, 0.5) is 0 Å². The molecule has 7 N–H and O–H groups in total. The van der Waals surface area contributed by atoms with Crippen LogP contribution < -0.4 is 5.32 Å². The van der Waals surface area contributed by atoms with Gasteiger partial charge in [-0.3, -0.25) is 38.0 Å². The Morgan fingerprint density at radius 3 is 1.51 bits per heavy atom. The lowest BCUT2D eigenvalue weighted by Crippen LogP contribution is -2.37. The maximum Gasteiger partial charge on any atom is 0.303 e. The zero-order valence-corrected chi connectivity index (χ0v) is 24.6. The van der Waals surface area contributed by atoms with E-state index in [-0.39, 0.29) is 89.8 Å². The van der Waals surface area contributed by atoms with Gasteiger partial charge in [-0.25, -0.2) is 0 Å². The molecule has 1 saturated heterocycles. The van der Waals surface area contributed by atoms with Crippen LogP contribution in [0.25, 0.3) is 0 Å². The Morgan fingerprint density at radius 2 is 1.15 bits per heavy atom. The van der Waals surface area contributed by atoms with Crippen LogP contribution in [0.5, 0.6) is 0 Å². The first-order chi connectivity index (χ1) is 18.0. The molecule has 0 saturated carbocycles. The number of rotatable bonds is 16. The molecule has 3 atom stereocenters. The van der Waals surface area contributed by atoms with Crippen LogP contribution in [0, 0.1) is 12.3 Å². The molecule has 1 aliphatic heterocycles. The number of hydrogen-bond acceptors (Lipinski definition) is 10. The summed E-state index contributed by atoms with van der Waals surface area (Å²) in [5, 5.41) is 29.4. The smallest absolute Gasteiger partial charge is 0.303 e. The van der Waals surface area contributed by atoms with Crippen LogP contribution in [0.1, 0.15) is 19.3 Å². The Balaban J connectivity index is 2.98. The van der Waals surface area contributed by atoms with Crippen molar-refractivity contribution in [2.75, 3.05) is 83.2 Å². The van der Waals surface area contributed by atoms with Gasteiger partial charge in [-0.2, -0.15) is 0 Å². The van der Waals surface area contributed by atoms with E-state index in [4.69, 9.17) is 21.7 Å². The number of aliphatic hydroxyl groups is 2. The predicted molar refractivity (Wildman–Crippen MR) is 145 cm³/mol. The molecule has 0 radical (unpaired) electrons. The van der Waals surface area contributed by atoms with Gasteiger partial charge in [0.1, 0.15) is 0 Å². The van der Waals surface area contributed by atoms with Crippen LogP contribution in [0.2, 0.25) is 0 Å². The standard InChI is InChI=1S/C21H41N4O11P3/c1-2-6-22-19(26)3-13-37(31,32)16-23-7-9-24(17-38(33,34)14-4-20(27)28)11-12-25(10-8-23)18-39(35,36)15-5-21(29)30/h1,20,27-28H,3-18H2,(H,22,26)(H,29,30)(H,31,32)(H,33,34)(H,35,36). The first kappa shape index (κ1) is 35.9. The number of carbonyl (C=O) groups is 2. The molecule has 0 spiro atoms. The van der Waals surface area contributed by atoms with E-state index in [9.17, 15) is 38.0 Å². The van der Waals surface area contributed by atoms with Gasteiger partial charge in [-0.05, 0) is 0 Å². The molecule has 1 rings (SSSR count). The summed E-state index contributed by atoms with van der Waals surface area (Å²) in [6.07, 6.45) is 0.451. The second kappa shape index (κ2) is 17.0. The van der Waals surface area contributed by atoms with Crippen LogP contribution >= 0.6 is 22.1 Å². The van der Waals surface area contributed by atoms with Gasteiger partial charge in [0.15, 0.2) is 6.29 Å². The molecule has 226 valence electrons. The van der Waals surface area contributed by atoms with Crippen molar-refractivity contribution in [3.05, 3.63) is 0 Å². The van der Waals surface area contributed by atoms with Crippen LogP contribution in [-0.2, 0) is 23.3 Å². The van der Waals surface area contributed by atoms with Crippen molar-refractivity contribution in [2.45, 2.75) is 25.6 Å². The van der Waals surface area contributed by atoms with E-state index in [1.54, 1.807) is 14.7 Å². The molecular weight excluding hydrogens is 577 g/mol. The van der Waals surface area contributed by atoms with Crippen molar-refractivity contribution in [3.8, 4) is 12.3 Å². The monoisotopic (exact) mass is 618 g/mol. The minimum absolute atomic E-state index is 0.000481. The zero-order valence-electron chi connectivity index (χ0n) is 21.9. The SMILES string of the molecule is C#CCNC(=O)CCP(=O)(O)CN1CCN(CP(=O)(O)CCC(=O)O)CCN(CP(=O)(O)CCC(O)O)CC1. The fourth-order valence-electron chi connectivity index (χ4n) is 3.86.